The Balaban J connectivity index is 2.00. The van der Waals surface area contributed by atoms with Crippen molar-refractivity contribution >= 4 is 11.6 Å². The summed E-state index contributed by atoms with van der Waals surface area (Å²) < 4.78 is 14.4. The first-order valence-electron chi connectivity index (χ1n) is 4.91. The van der Waals surface area contributed by atoms with Crippen LogP contribution in [-0.4, -0.2) is 20.8 Å². The summed E-state index contributed by atoms with van der Waals surface area (Å²) in [6, 6.07) is 5.35. The van der Waals surface area contributed by atoms with Crippen molar-refractivity contribution in [1.82, 2.24) is 9.78 Å². The molecule has 0 bridgehead atoms. The van der Waals surface area contributed by atoms with Gasteiger partial charge in [0.05, 0.1) is 0 Å². The fraction of sp³-hybridized carbons (Fsp3) is 0.0909. The number of hydrogen-bond donors (Lipinski definition) is 2. The molecule has 2 aromatic rings. The molecule has 6 heteroatoms. The topological polar surface area (TPSA) is 67.2 Å². The molecular weight excluding hydrogens is 225 g/mol. The van der Waals surface area contributed by atoms with Gasteiger partial charge >= 0.3 is 0 Å². The van der Waals surface area contributed by atoms with E-state index in [0.717, 1.165) is 6.07 Å². The van der Waals surface area contributed by atoms with E-state index < -0.39 is 11.6 Å². The van der Waals surface area contributed by atoms with Crippen LogP contribution in [0.25, 0.3) is 0 Å². The Labute approximate surface area is 96.5 Å². The molecule has 0 aliphatic carbocycles. The van der Waals surface area contributed by atoms with Gasteiger partial charge in [-0.3, -0.25) is 9.48 Å². The summed E-state index contributed by atoms with van der Waals surface area (Å²) in [7, 11) is 0. The van der Waals surface area contributed by atoms with Crippen LogP contribution < -0.4 is 5.32 Å². The molecule has 0 aliphatic rings. The maximum absolute atomic E-state index is 13.0. The number of phenols is 1. The van der Waals surface area contributed by atoms with E-state index in [1.54, 1.807) is 18.5 Å². The third-order valence-electron chi connectivity index (χ3n) is 2.10. The molecule has 0 saturated heterocycles. The van der Waals surface area contributed by atoms with Crippen LogP contribution >= 0.6 is 0 Å². The molecule has 17 heavy (non-hydrogen) atoms. The lowest BCUT2D eigenvalue weighted by Crippen LogP contribution is -2.18. The van der Waals surface area contributed by atoms with Gasteiger partial charge in [0.25, 0.3) is 0 Å². The van der Waals surface area contributed by atoms with Crippen molar-refractivity contribution in [2.24, 2.45) is 0 Å². The van der Waals surface area contributed by atoms with Crippen molar-refractivity contribution < 1.29 is 14.3 Å². The number of phenolic OH excluding ortho intramolecular Hbond substituents is 1. The molecule has 1 aromatic heterocycles. The van der Waals surface area contributed by atoms with E-state index in [2.05, 4.69) is 10.4 Å². The first kappa shape index (κ1) is 11.1. The van der Waals surface area contributed by atoms with Crippen molar-refractivity contribution in [3.63, 3.8) is 0 Å². The summed E-state index contributed by atoms with van der Waals surface area (Å²) in [5, 5.41) is 15.4. The summed E-state index contributed by atoms with van der Waals surface area (Å²) in [6.07, 6.45) is 3.21. The lowest BCUT2D eigenvalue weighted by molar-refractivity contribution is -0.116. The van der Waals surface area contributed by atoms with Crippen LogP contribution in [0.2, 0.25) is 0 Å². The lowest BCUT2D eigenvalue weighted by atomic mass is 10.3. The number of rotatable bonds is 3. The number of amides is 1. The number of halogens is 1. The van der Waals surface area contributed by atoms with Gasteiger partial charge in [0.1, 0.15) is 6.54 Å². The lowest BCUT2D eigenvalue weighted by Gasteiger charge is -2.05. The van der Waals surface area contributed by atoms with E-state index in [1.165, 1.54) is 16.8 Å². The quantitative estimate of drug-likeness (QED) is 0.789. The second kappa shape index (κ2) is 4.65. The standard InChI is InChI=1S/C11H10FN3O2/c12-9-6-8(2-3-10(9)16)14-11(17)7-15-5-1-4-13-15/h1-6,16H,7H2,(H,14,17). The minimum absolute atomic E-state index is 0.0511. The molecule has 0 unspecified atom stereocenters. The number of nitrogens with one attached hydrogen (secondary N) is 1. The summed E-state index contributed by atoms with van der Waals surface area (Å²) >= 11 is 0. The van der Waals surface area contributed by atoms with Crippen LogP contribution in [-0.2, 0) is 11.3 Å². The second-order valence-corrected chi connectivity index (χ2v) is 3.42. The third kappa shape index (κ3) is 2.81. The van der Waals surface area contributed by atoms with E-state index in [9.17, 15) is 9.18 Å². The normalized spacial score (nSPS) is 10.2. The molecule has 0 radical (unpaired) electrons. The number of aromatic nitrogens is 2. The first-order valence-corrected chi connectivity index (χ1v) is 4.91. The summed E-state index contributed by atoms with van der Waals surface area (Å²) in [5.74, 6) is -1.55. The second-order valence-electron chi connectivity index (χ2n) is 3.42. The molecule has 1 aromatic carbocycles. The zero-order valence-corrected chi connectivity index (χ0v) is 8.80. The van der Waals surface area contributed by atoms with Gasteiger partial charge in [0, 0.05) is 24.1 Å². The number of anilines is 1. The predicted octanol–water partition coefficient (Wildman–Crippen LogP) is 1.37. The highest BCUT2D eigenvalue weighted by Crippen LogP contribution is 2.19. The van der Waals surface area contributed by atoms with Gasteiger partial charge < -0.3 is 10.4 Å². The average Bonchev–Trinajstić information content (AvgIpc) is 2.76. The summed E-state index contributed by atoms with van der Waals surface area (Å²) in [4.78, 5) is 11.5. The van der Waals surface area contributed by atoms with Gasteiger partial charge in [0.15, 0.2) is 11.6 Å². The highest BCUT2D eigenvalue weighted by Gasteiger charge is 2.06. The Bertz CT molecular complexity index is 526. The molecule has 2 N–H and O–H groups in total. The SMILES string of the molecule is O=C(Cn1cccn1)Nc1ccc(O)c(F)c1. The van der Waals surface area contributed by atoms with Gasteiger partial charge in [-0.15, -0.1) is 0 Å². The number of carbonyl (C=O) groups is 1. The van der Waals surface area contributed by atoms with Gasteiger partial charge in [0.2, 0.25) is 5.91 Å². The molecule has 2 rings (SSSR count). The molecule has 5 nitrogen and oxygen atoms in total. The van der Waals surface area contributed by atoms with Crippen molar-refractivity contribution in [2.45, 2.75) is 6.54 Å². The molecule has 1 heterocycles. The Hall–Kier alpha value is -2.37. The number of nitrogens with zero attached hydrogens (tertiary/aromatic N) is 2. The highest BCUT2D eigenvalue weighted by atomic mass is 19.1. The van der Waals surface area contributed by atoms with E-state index in [1.807, 2.05) is 0 Å². The van der Waals surface area contributed by atoms with E-state index in [-0.39, 0.29) is 18.1 Å². The average molecular weight is 235 g/mol. The largest absolute Gasteiger partial charge is 0.505 e. The Morgan fingerprint density at radius 1 is 1.53 bits per heavy atom. The zero-order valence-electron chi connectivity index (χ0n) is 8.80. The molecule has 0 spiro atoms. The van der Waals surface area contributed by atoms with Gasteiger partial charge in [-0.25, -0.2) is 4.39 Å². The van der Waals surface area contributed by atoms with Crippen LogP contribution in [0.5, 0.6) is 5.75 Å². The van der Waals surface area contributed by atoms with E-state index >= 15 is 0 Å². The molecule has 88 valence electrons. The molecular formula is C11H10FN3O2. The minimum atomic E-state index is -0.776. The van der Waals surface area contributed by atoms with Crippen LogP contribution in [0.3, 0.4) is 0 Å². The molecule has 1 amide bonds. The number of benzene rings is 1. The fourth-order valence-electron chi connectivity index (χ4n) is 1.33. The zero-order chi connectivity index (χ0) is 12.3. The number of aromatic hydroxyl groups is 1. The molecule has 0 fully saturated rings. The number of carbonyl (C=O) groups excluding carboxylic acids is 1. The highest BCUT2D eigenvalue weighted by molar-refractivity contribution is 5.90. The van der Waals surface area contributed by atoms with Gasteiger partial charge in [-0.1, -0.05) is 0 Å². The van der Waals surface area contributed by atoms with Crippen LogP contribution in [0.1, 0.15) is 0 Å². The third-order valence-corrected chi connectivity index (χ3v) is 2.10. The Morgan fingerprint density at radius 3 is 3.00 bits per heavy atom. The molecule has 0 aliphatic heterocycles. The molecule has 0 atom stereocenters. The van der Waals surface area contributed by atoms with Gasteiger partial charge in [-0.2, -0.15) is 5.10 Å². The maximum Gasteiger partial charge on any atom is 0.246 e. The maximum atomic E-state index is 13.0. The van der Waals surface area contributed by atoms with Crippen molar-refractivity contribution in [1.29, 1.82) is 0 Å². The van der Waals surface area contributed by atoms with Crippen molar-refractivity contribution in [3.8, 4) is 5.75 Å². The van der Waals surface area contributed by atoms with Crippen molar-refractivity contribution in [3.05, 3.63) is 42.5 Å². The van der Waals surface area contributed by atoms with E-state index in [4.69, 9.17) is 5.11 Å². The Morgan fingerprint density at radius 2 is 2.35 bits per heavy atom. The number of hydrogen-bond acceptors (Lipinski definition) is 3. The smallest absolute Gasteiger partial charge is 0.246 e. The van der Waals surface area contributed by atoms with Crippen LogP contribution in [0, 0.1) is 5.82 Å². The van der Waals surface area contributed by atoms with Gasteiger partial charge in [-0.05, 0) is 18.2 Å². The summed E-state index contributed by atoms with van der Waals surface area (Å²) in [5.41, 5.74) is 0.289. The Kier molecular flexibility index (Phi) is 3.04. The van der Waals surface area contributed by atoms with E-state index in [0.29, 0.717) is 0 Å². The molecule has 0 saturated carbocycles. The predicted molar refractivity (Wildman–Crippen MR) is 58.9 cm³/mol. The summed E-state index contributed by atoms with van der Waals surface area (Å²) in [6.45, 7) is 0.0511. The van der Waals surface area contributed by atoms with Crippen LogP contribution in [0.4, 0.5) is 10.1 Å². The first-order chi connectivity index (χ1) is 8.15. The fourth-order valence-corrected chi connectivity index (χ4v) is 1.33. The monoisotopic (exact) mass is 235 g/mol. The van der Waals surface area contributed by atoms with Crippen molar-refractivity contribution in [2.75, 3.05) is 5.32 Å². The minimum Gasteiger partial charge on any atom is -0.505 e. The van der Waals surface area contributed by atoms with Crippen LogP contribution in [0.15, 0.2) is 36.7 Å².